The summed E-state index contributed by atoms with van der Waals surface area (Å²) in [6.07, 6.45) is 3.31. The zero-order chi connectivity index (χ0) is 20.2. The number of carbonyl (C=O) groups excluding carboxylic acids is 1. The number of rotatable bonds is 4. The van der Waals surface area contributed by atoms with Crippen molar-refractivity contribution in [3.05, 3.63) is 51.9 Å². The summed E-state index contributed by atoms with van der Waals surface area (Å²) in [6, 6.07) is 5.55. The topological polar surface area (TPSA) is 61.8 Å². The third-order valence-electron chi connectivity index (χ3n) is 5.21. The van der Waals surface area contributed by atoms with Gasteiger partial charge in [0.15, 0.2) is 0 Å². The molecule has 154 valence electrons. The van der Waals surface area contributed by atoms with Crippen molar-refractivity contribution in [3.8, 4) is 0 Å². The summed E-state index contributed by atoms with van der Waals surface area (Å²) in [6.45, 7) is 6.54. The van der Waals surface area contributed by atoms with E-state index in [2.05, 4.69) is 19.8 Å². The van der Waals surface area contributed by atoms with Crippen LogP contribution < -0.4 is 4.90 Å². The minimum absolute atomic E-state index is 0.0467. The summed E-state index contributed by atoms with van der Waals surface area (Å²) in [5.41, 5.74) is 1.53. The lowest BCUT2D eigenvalue weighted by atomic mass is 10.2. The summed E-state index contributed by atoms with van der Waals surface area (Å²) in [7, 11) is 0. The van der Waals surface area contributed by atoms with Gasteiger partial charge in [0, 0.05) is 58.2 Å². The third-order valence-corrected chi connectivity index (χ3v) is 5.71. The monoisotopic (exact) mass is 435 g/mol. The molecule has 0 radical (unpaired) electrons. The molecule has 4 rings (SSSR count). The lowest BCUT2D eigenvalue weighted by Crippen LogP contribution is -2.46. The summed E-state index contributed by atoms with van der Waals surface area (Å²) in [5.74, 6) is 0.684. The lowest BCUT2D eigenvalue weighted by molar-refractivity contribution is 0.0302. The van der Waals surface area contributed by atoms with E-state index in [9.17, 15) is 4.79 Å². The maximum Gasteiger partial charge on any atom is 0.255 e. The Morgan fingerprint density at radius 3 is 2.41 bits per heavy atom. The molecule has 0 saturated carbocycles. The van der Waals surface area contributed by atoms with E-state index in [1.165, 1.54) is 0 Å². The van der Waals surface area contributed by atoms with Crippen LogP contribution in [0.1, 0.15) is 16.1 Å². The zero-order valence-electron chi connectivity index (χ0n) is 16.1. The van der Waals surface area contributed by atoms with E-state index in [0.29, 0.717) is 41.9 Å². The van der Waals surface area contributed by atoms with Crippen LogP contribution in [0.4, 0.5) is 5.82 Å². The van der Waals surface area contributed by atoms with E-state index >= 15 is 0 Å². The molecular formula is C20H23Cl2N5O2. The summed E-state index contributed by atoms with van der Waals surface area (Å²) in [5, 5.41) is 1.16. The van der Waals surface area contributed by atoms with E-state index in [0.717, 1.165) is 44.2 Å². The molecular weight excluding hydrogens is 413 g/mol. The molecule has 0 N–H and O–H groups in total. The minimum Gasteiger partial charge on any atom is -0.378 e. The number of hydrogen-bond acceptors (Lipinski definition) is 6. The largest absolute Gasteiger partial charge is 0.378 e. The second-order valence-corrected chi connectivity index (χ2v) is 8.01. The van der Waals surface area contributed by atoms with Gasteiger partial charge in [0.1, 0.15) is 5.82 Å². The molecule has 2 fully saturated rings. The van der Waals surface area contributed by atoms with Crippen molar-refractivity contribution >= 4 is 34.9 Å². The highest BCUT2D eigenvalue weighted by atomic mass is 35.5. The van der Waals surface area contributed by atoms with E-state index < -0.39 is 0 Å². The first-order valence-corrected chi connectivity index (χ1v) is 10.5. The van der Waals surface area contributed by atoms with Gasteiger partial charge < -0.3 is 14.5 Å². The van der Waals surface area contributed by atoms with Crippen molar-refractivity contribution in [2.24, 2.45) is 0 Å². The maximum atomic E-state index is 12.6. The summed E-state index contributed by atoms with van der Waals surface area (Å²) < 4.78 is 5.30. The Morgan fingerprint density at radius 1 is 1.00 bits per heavy atom. The van der Waals surface area contributed by atoms with Crippen LogP contribution in [0.5, 0.6) is 0 Å². The van der Waals surface area contributed by atoms with Crippen LogP contribution >= 0.6 is 23.2 Å². The molecule has 0 aromatic carbocycles. The van der Waals surface area contributed by atoms with Crippen LogP contribution in [0.25, 0.3) is 0 Å². The lowest BCUT2D eigenvalue weighted by Gasteiger charge is -2.35. The predicted octanol–water partition coefficient (Wildman–Crippen LogP) is 2.58. The summed E-state index contributed by atoms with van der Waals surface area (Å²) in [4.78, 5) is 27.8. The van der Waals surface area contributed by atoms with Crippen molar-refractivity contribution in [2.45, 2.75) is 6.54 Å². The van der Waals surface area contributed by atoms with E-state index in [1.54, 1.807) is 23.4 Å². The van der Waals surface area contributed by atoms with Crippen LogP contribution in [0.15, 0.2) is 30.6 Å². The molecule has 2 aliphatic rings. The quantitative estimate of drug-likeness (QED) is 0.735. The Hall–Kier alpha value is -1.93. The SMILES string of the molecule is O=C(c1cnc(N2CCN(Cc3ccc(Cl)cn3)CC2)c(Cl)c1)N1CCOCC1. The molecule has 0 atom stereocenters. The van der Waals surface area contributed by atoms with Crippen molar-refractivity contribution < 1.29 is 9.53 Å². The highest BCUT2D eigenvalue weighted by molar-refractivity contribution is 6.33. The molecule has 2 saturated heterocycles. The fraction of sp³-hybridized carbons (Fsp3) is 0.450. The second kappa shape index (κ2) is 9.26. The van der Waals surface area contributed by atoms with Crippen LogP contribution in [-0.4, -0.2) is 78.2 Å². The van der Waals surface area contributed by atoms with Gasteiger partial charge in [-0.1, -0.05) is 23.2 Å². The number of nitrogens with zero attached hydrogens (tertiary/aromatic N) is 5. The van der Waals surface area contributed by atoms with Gasteiger partial charge in [0.05, 0.1) is 34.5 Å². The molecule has 0 bridgehead atoms. The highest BCUT2D eigenvalue weighted by Crippen LogP contribution is 2.26. The van der Waals surface area contributed by atoms with Gasteiger partial charge in [-0.2, -0.15) is 0 Å². The number of ether oxygens (including phenoxy) is 1. The smallest absolute Gasteiger partial charge is 0.255 e. The van der Waals surface area contributed by atoms with Crippen LogP contribution in [-0.2, 0) is 11.3 Å². The Labute approximate surface area is 180 Å². The van der Waals surface area contributed by atoms with Crippen LogP contribution in [0.3, 0.4) is 0 Å². The molecule has 0 unspecified atom stereocenters. The van der Waals surface area contributed by atoms with Gasteiger partial charge in [-0.3, -0.25) is 14.7 Å². The van der Waals surface area contributed by atoms with E-state index in [4.69, 9.17) is 27.9 Å². The van der Waals surface area contributed by atoms with Gasteiger partial charge in [-0.15, -0.1) is 0 Å². The number of halogens is 2. The van der Waals surface area contributed by atoms with Crippen LogP contribution in [0.2, 0.25) is 10.0 Å². The Kier molecular flexibility index (Phi) is 6.50. The average molecular weight is 436 g/mol. The Bertz CT molecular complexity index is 850. The van der Waals surface area contributed by atoms with Gasteiger partial charge in [-0.25, -0.2) is 4.98 Å². The van der Waals surface area contributed by atoms with E-state index in [1.807, 2.05) is 12.1 Å². The number of carbonyl (C=O) groups is 1. The van der Waals surface area contributed by atoms with Crippen molar-refractivity contribution in [3.63, 3.8) is 0 Å². The van der Waals surface area contributed by atoms with Gasteiger partial charge in [0.25, 0.3) is 5.91 Å². The second-order valence-electron chi connectivity index (χ2n) is 7.16. The Morgan fingerprint density at radius 2 is 1.76 bits per heavy atom. The Balaban J connectivity index is 1.35. The highest BCUT2D eigenvalue weighted by Gasteiger charge is 2.23. The van der Waals surface area contributed by atoms with E-state index in [-0.39, 0.29) is 5.91 Å². The first-order valence-electron chi connectivity index (χ1n) is 9.70. The number of aromatic nitrogens is 2. The third kappa shape index (κ3) is 4.98. The standard InChI is InChI=1S/C20H23Cl2N5O2/c21-16-1-2-17(23-13-16)14-25-3-5-26(6-4-25)19-18(22)11-15(12-24-19)20(28)27-7-9-29-10-8-27/h1-2,11-13H,3-10,14H2. The molecule has 2 aromatic rings. The molecule has 2 aliphatic heterocycles. The average Bonchev–Trinajstić information content (AvgIpc) is 2.76. The molecule has 29 heavy (non-hydrogen) atoms. The predicted molar refractivity (Wildman–Crippen MR) is 113 cm³/mol. The molecule has 0 aliphatic carbocycles. The number of hydrogen-bond donors (Lipinski definition) is 0. The molecule has 1 amide bonds. The number of pyridine rings is 2. The number of morpholine rings is 1. The number of amides is 1. The first kappa shape index (κ1) is 20.3. The summed E-state index contributed by atoms with van der Waals surface area (Å²) >= 11 is 12.4. The molecule has 7 nitrogen and oxygen atoms in total. The van der Waals surface area contributed by atoms with Crippen molar-refractivity contribution in [2.75, 3.05) is 57.4 Å². The van der Waals surface area contributed by atoms with Gasteiger partial charge in [0.2, 0.25) is 0 Å². The van der Waals surface area contributed by atoms with Crippen molar-refractivity contribution in [1.82, 2.24) is 19.8 Å². The first-order chi connectivity index (χ1) is 14.1. The fourth-order valence-electron chi connectivity index (χ4n) is 3.58. The number of anilines is 1. The maximum absolute atomic E-state index is 12.6. The van der Waals surface area contributed by atoms with Crippen molar-refractivity contribution in [1.29, 1.82) is 0 Å². The normalized spacial score (nSPS) is 18.1. The minimum atomic E-state index is -0.0467. The van der Waals surface area contributed by atoms with Crippen LogP contribution in [0, 0.1) is 0 Å². The molecule has 2 aromatic heterocycles. The molecule has 0 spiro atoms. The molecule has 9 heteroatoms. The fourth-order valence-corrected chi connectivity index (χ4v) is 3.97. The molecule has 4 heterocycles. The zero-order valence-corrected chi connectivity index (χ0v) is 17.6. The number of piperazine rings is 1. The van der Waals surface area contributed by atoms with Gasteiger partial charge in [-0.05, 0) is 18.2 Å². The van der Waals surface area contributed by atoms with Gasteiger partial charge >= 0.3 is 0 Å².